The van der Waals surface area contributed by atoms with Gasteiger partial charge in [0.1, 0.15) is 18.4 Å². The maximum absolute atomic E-state index is 13.0. The SMILES string of the molecule is CC[C@@H](C(=O)NCCOc1ccccc1C(C)(C)C)N(c1ccc(C)c(C)c1)S(C)(=O)=O. The highest BCUT2D eigenvalue weighted by atomic mass is 32.2. The Labute approximate surface area is 193 Å². The van der Waals surface area contributed by atoms with Crippen LogP contribution < -0.4 is 14.4 Å². The molecular weight excluding hydrogens is 424 g/mol. The molecular formula is C25H36N2O4S. The van der Waals surface area contributed by atoms with Gasteiger partial charge in [-0.05, 0) is 60.6 Å². The lowest BCUT2D eigenvalue weighted by atomic mass is 9.86. The molecule has 0 heterocycles. The maximum Gasteiger partial charge on any atom is 0.244 e. The lowest BCUT2D eigenvalue weighted by molar-refractivity contribution is -0.122. The van der Waals surface area contributed by atoms with E-state index in [4.69, 9.17) is 4.74 Å². The van der Waals surface area contributed by atoms with Gasteiger partial charge in [0.2, 0.25) is 15.9 Å². The van der Waals surface area contributed by atoms with E-state index < -0.39 is 16.1 Å². The van der Waals surface area contributed by atoms with Crippen molar-refractivity contribution in [3.05, 3.63) is 59.2 Å². The number of para-hydroxylation sites is 1. The highest BCUT2D eigenvalue weighted by Crippen LogP contribution is 2.31. The first-order chi connectivity index (χ1) is 14.9. The van der Waals surface area contributed by atoms with Crippen molar-refractivity contribution in [3.63, 3.8) is 0 Å². The van der Waals surface area contributed by atoms with E-state index in [-0.39, 0.29) is 24.5 Å². The number of benzene rings is 2. The number of aryl methyl sites for hydroxylation is 2. The van der Waals surface area contributed by atoms with Crippen molar-refractivity contribution < 1.29 is 17.9 Å². The summed E-state index contributed by atoms with van der Waals surface area (Å²) in [6.45, 7) is 12.6. The average Bonchev–Trinajstić information content (AvgIpc) is 2.70. The van der Waals surface area contributed by atoms with Crippen molar-refractivity contribution in [2.24, 2.45) is 0 Å². The monoisotopic (exact) mass is 460 g/mol. The van der Waals surface area contributed by atoms with Crippen LogP contribution in [0.1, 0.15) is 50.8 Å². The summed E-state index contributed by atoms with van der Waals surface area (Å²) < 4.78 is 32.3. The Kier molecular flexibility index (Phi) is 8.35. The predicted octanol–water partition coefficient (Wildman–Crippen LogP) is 4.34. The van der Waals surface area contributed by atoms with Crippen LogP contribution in [0.3, 0.4) is 0 Å². The molecule has 2 rings (SSSR count). The van der Waals surface area contributed by atoms with Crippen LogP contribution >= 0.6 is 0 Å². The number of hydrogen-bond acceptors (Lipinski definition) is 4. The molecule has 0 spiro atoms. The van der Waals surface area contributed by atoms with E-state index in [0.29, 0.717) is 12.1 Å². The number of hydrogen-bond donors (Lipinski definition) is 1. The van der Waals surface area contributed by atoms with Crippen LogP contribution in [0.25, 0.3) is 0 Å². The number of nitrogens with one attached hydrogen (secondary N) is 1. The van der Waals surface area contributed by atoms with Crippen LogP contribution in [-0.4, -0.2) is 39.8 Å². The molecule has 7 heteroatoms. The number of ether oxygens (including phenoxy) is 1. The van der Waals surface area contributed by atoms with E-state index in [1.54, 1.807) is 19.1 Å². The minimum atomic E-state index is -3.66. The minimum absolute atomic E-state index is 0.0602. The van der Waals surface area contributed by atoms with Crippen LogP contribution in [0.2, 0.25) is 0 Å². The Morgan fingerprint density at radius 2 is 1.75 bits per heavy atom. The van der Waals surface area contributed by atoms with Gasteiger partial charge in [-0.2, -0.15) is 0 Å². The lowest BCUT2D eigenvalue weighted by Gasteiger charge is -2.30. The topological polar surface area (TPSA) is 75.7 Å². The zero-order chi connectivity index (χ0) is 24.1. The molecule has 1 N–H and O–H groups in total. The van der Waals surface area contributed by atoms with E-state index in [9.17, 15) is 13.2 Å². The Morgan fingerprint density at radius 1 is 1.09 bits per heavy atom. The molecule has 0 aliphatic carbocycles. The molecule has 0 aromatic heterocycles. The van der Waals surface area contributed by atoms with Gasteiger partial charge in [-0.1, -0.05) is 52.0 Å². The maximum atomic E-state index is 13.0. The van der Waals surface area contributed by atoms with Gasteiger partial charge >= 0.3 is 0 Å². The third-order valence-electron chi connectivity index (χ3n) is 5.43. The average molecular weight is 461 g/mol. The molecule has 0 saturated heterocycles. The van der Waals surface area contributed by atoms with E-state index >= 15 is 0 Å². The molecule has 0 bridgehead atoms. The molecule has 0 saturated carbocycles. The summed E-state index contributed by atoms with van der Waals surface area (Å²) in [6.07, 6.45) is 1.48. The number of rotatable bonds is 9. The molecule has 32 heavy (non-hydrogen) atoms. The molecule has 1 amide bonds. The highest BCUT2D eigenvalue weighted by molar-refractivity contribution is 7.92. The smallest absolute Gasteiger partial charge is 0.244 e. The third kappa shape index (κ3) is 6.48. The molecule has 0 aliphatic heterocycles. The first kappa shape index (κ1) is 25.7. The van der Waals surface area contributed by atoms with E-state index in [1.807, 2.05) is 44.2 Å². The van der Waals surface area contributed by atoms with Gasteiger partial charge in [0.15, 0.2) is 0 Å². The molecule has 0 unspecified atom stereocenters. The molecule has 0 aliphatic rings. The Hall–Kier alpha value is -2.54. The van der Waals surface area contributed by atoms with Crippen LogP contribution in [0.15, 0.2) is 42.5 Å². The fourth-order valence-corrected chi connectivity index (χ4v) is 4.79. The van der Waals surface area contributed by atoms with Crippen LogP contribution in [0.4, 0.5) is 5.69 Å². The molecule has 6 nitrogen and oxygen atoms in total. The van der Waals surface area contributed by atoms with Crippen LogP contribution in [-0.2, 0) is 20.2 Å². The van der Waals surface area contributed by atoms with Gasteiger partial charge < -0.3 is 10.1 Å². The van der Waals surface area contributed by atoms with Gasteiger partial charge in [0.25, 0.3) is 0 Å². The van der Waals surface area contributed by atoms with Crippen molar-refractivity contribution in [1.29, 1.82) is 0 Å². The Balaban J connectivity index is 2.11. The molecule has 2 aromatic rings. The summed E-state index contributed by atoms with van der Waals surface area (Å²) >= 11 is 0. The normalized spacial score (nSPS) is 12.8. The number of nitrogens with zero attached hydrogens (tertiary/aromatic N) is 1. The highest BCUT2D eigenvalue weighted by Gasteiger charge is 2.31. The van der Waals surface area contributed by atoms with Crippen LogP contribution in [0, 0.1) is 13.8 Å². The standard InChI is InChI=1S/C25H36N2O4S/c1-8-22(27(32(7,29)30)20-14-13-18(2)19(3)17-20)24(28)26-15-16-31-23-12-10-9-11-21(23)25(4,5)6/h9-14,17,22H,8,15-16H2,1-7H3,(H,26,28)/t22-/m0/s1. The number of anilines is 1. The van der Waals surface area contributed by atoms with Crippen molar-refractivity contribution in [1.82, 2.24) is 5.32 Å². The van der Waals surface area contributed by atoms with Crippen molar-refractivity contribution in [2.45, 2.75) is 59.4 Å². The fraction of sp³-hybridized carbons (Fsp3) is 0.480. The number of sulfonamides is 1. The van der Waals surface area contributed by atoms with E-state index in [1.165, 1.54) is 4.31 Å². The molecule has 0 fully saturated rings. The van der Waals surface area contributed by atoms with Crippen molar-refractivity contribution in [2.75, 3.05) is 23.7 Å². The van der Waals surface area contributed by atoms with Gasteiger partial charge in [0, 0.05) is 0 Å². The summed E-state index contributed by atoms with van der Waals surface area (Å²) in [6, 6.07) is 12.4. The summed E-state index contributed by atoms with van der Waals surface area (Å²) in [5, 5.41) is 2.84. The Bertz CT molecular complexity index is 1040. The zero-order valence-electron chi connectivity index (χ0n) is 20.2. The van der Waals surface area contributed by atoms with E-state index in [0.717, 1.165) is 28.7 Å². The molecule has 0 radical (unpaired) electrons. The minimum Gasteiger partial charge on any atom is -0.491 e. The number of amides is 1. The Morgan fingerprint density at radius 3 is 2.31 bits per heavy atom. The largest absolute Gasteiger partial charge is 0.491 e. The third-order valence-corrected chi connectivity index (χ3v) is 6.61. The molecule has 1 atom stereocenters. The van der Waals surface area contributed by atoms with Crippen molar-refractivity contribution in [3.8, 4) is 5.75 Å². The number of carbonyl (C=O) groups excluding carboxylic acids is 1. The summed E-state index contributed by atoms with van der Waals surface area (Å²) in [4.78, 5) is 13.0. The summed E-state index contributed by atoms with van der Waals surface area (Å²) in [7, 11) is -3.66. The second kappa shape index (κ2) is 10.4. The van der Waals surface area contributed by atoms with Gasteiger partial charge in [-0.15, -0.1) is 0 Å². The first-order valence-corrected chi connectivity index (χ1v) is 12.8. The second-order valence-electron chi connectivity index (χ2n) is 9.14. The van der Waals surface area contributed by atoms with Crippen molar-refractivity contribution >= 4 is 21.6 Å². The molecule has 2 aromatic carbocycles. The summed E-state index contributed by atoms with van der Waals surface area (Å²) in [5.41, 5.74) is 3.56. The lowest BCUT2D eigenvalue weighted by Crippen LogP contribution is -2.50. The van der Waals surface area contributed by atoms with Crippen LogP contribution in [0.5, 0.6) is 5.75 Å². The predicted molar refractivity (Wildman–Crippen MR) is 131 cm³/mol. The second-order valence-corrected chi connectivity index (χ2v) is 11.0. The fourth-order valence-electron chi connectivity index (χ4n) is 3.59. The quantitative estimate of drug-likeness (QED) is 0.565. The van der Waals surface area contributed by atoms with Gasteiger partial charge in [0.05, 0.1) is 18.5 Å². The number of carbonyl (C=O) groups is 1. The first-order valence-electron chi connectivity index (χ1n) is 10.9. The summed E-state index contributed by atoms with van der Waals surface area (Å²) in [5.74, 6) is 0.443. The molecule has 176 valence electrons. The van der Waals surface area contributed by atoms with Gasteiger partial charge in [-0.3, -0.25) is 9.10 Å². The zero-order valence-corrected chi connectivity index (χ0v) is 21.0. The van der Waals surface area contributed by atoms with Gasteiger partial charge in [-0.25, -0.2) is 8.42 Å². The van der Waals surface area contributed by atoms with E-state index in [2.05, 4.69) is 26.1 Å².